The summed E-state index contributed by atoms with van der Waals surface area (Å²) in [5.74, 6) is -0.101. The third-order valence-corrected chi connectivity index (χ3v) is 4.50. The second-order valence-electron chi connectivity index (χ2n) is 5.86. The molecule has 1 fully saturated rings. The van der Waals surface area contributed by atoms with Crippen molar-refractivity contribution in [3.63, 3.8) is 0 Å². The molecule has 0 aromatic heterocycles. The number of carbonyl (C=O) groups is 1. The molecule has 104 valence electrons. The molecule has 1 aromatic carbocycles. The van der Waals surface area contributed by atoms with E-state index in [0.717, 1.165) is 5.56 Å². The predicted molar refractivity (Wildman–Crippen MR) is 79.5 cm³/mol. The summed E-state index contributed by atoms with van der Waals surface area (Å²) in [4.78, 5) is 12.8. The second-order valence-corrected chi connectivity index (χ2v) is 7.62. The molecule has 0 unspecified atom stereocenters. The van der Waals surface area contributed by atoms with Crippen molar-refractivity contribution >= 4 is 29.1 Å². The molecule has 1 aliphatic heterocycles. The summed E-state index contributed by atoms with van der Waals surface area (Å²) >= 11 is 12.8. The van der Waals surface area contributed by atoms with Gasteiger partial charge >= 0.3 is 0 Å². The van der Waals surface area contributed by atoms with E-state index in [1.165, 1.54) is 0 Å². The van der Waals surface area contributed by atoms with E-state index in [2.05, 4.69) is 0 Å². The second kappa shape index (κ2) is 4.99. The van der Waals surface area contributed by atoms with E-state index in [4.69, 9.17) is 23.2 Å². The Balaban J connectivity index is 2.19. The molecule has 1 saturated heterocycles. The summed E-state index contributed by atoms with van der Waals surface area (Å²) in [6.07, 6.45) is 0. The molecule has 2 nitrogen and oxygen atoms in total. The Bertz CT molecular complexity index is 465. The Morgan fingerprint density at radius 3 is 2.42 bits per heavy atom. The molecule has 2 atom stereocenters. The summed E-state index contributed by atoms with van der Waals surface area (Å²) in [7, 11) is 0. The number of benzene rings is 1. The normalized spacial score (nSPS) is 27.9. The van der Waals surface area contributed by atoms with E-state index >= 15 is 0 Å². The van der Waals surface area contributed by atoms with E-state index < -0.39 is 9.75 Å². The van der Waals surface area contributed by atoms with Crippen LogP contribution in [0.1, 0.15) is 26.3 Å². The van der Waals surface area contributed by atoms with Gasteiger partial charge in [0, 0.05) is 23.9 Å². The number of amides is 1. The maximum atomic E-state index is 12.4. The van der Waals surface area contributed by atoms with Gasteiger partial charge in [0.15, 0.2) is 0 Å². The molecule has 1 amide bonds. The first-order valence-electron chi connectivity index (χ1n) is 6.44. The first-order valence-corrected chi connectivity index (χ1v) is 7.19. The Morgan fingerprint density at radius 1 is 1.37 bits per heavy atom. The monoisotopic (exact) mass is 299 g/mol. The van der Waals surface area contributed by atoms with Crippen LogP contribution >= 0.6 is 23.2 Å². The van der Waals surface area contributed by atoms with Gasteiger partial charge in [0.05, 0.1) is 0 Å². The van der Waals surface area contributed by atoms with Crippen LogP contribution < -0.4 is 0 Å². The standard InChI is InChI=1S/C15H19Cl2NO/c1-14(2,16)12-10-18(13(19)15(12,3)17)9-11-7-5-4-6-8-11/h4-8,12H,9-10H2,1-3H3/t12-,15-/m1/s1. The zero-order chi connectivity index (χ0) is 14.3. The van der Waals surface area contributed by atoms with Gasteiger partial charge < -0.3 is 4.90 Å². The van der Waals surface area contributed by atoms with E-state index in [0.29, 0.717) is 13.1 Å². The van der Waals surface area contributed by atoms with Crippen LogP contribution in [0.25, 0.3) is 0 Å². The van der Waals surface area contributed by atoms with E-state index in [1.807, 2.05) is 44.2 Å². The van der Waals surface area contributed by atoms with Gasteiger partial charge in [-0.2, -0.15) is 0 Å². The molecule has 0 spiro atoms. The van der Waals surface area contributed by atoms with Gasteiger partial charge in [-0.1, -0.05) is 30.3 Å². The van der Waals surface area contributed by atoms with Crippen molar-refractivity contribution in [2.24, 2.45) is 5.92 Å². The average molecular weight is 300 g/mol. The maximum absolute atomic E-state index is 12.4. The van der Waals surface area contributed by atoms with Gasteiger partial charge in [0.25, 0.3) is 0 Å². The van der Waals surface area contributed by atoms with Crippen LogP contribution in [0.2, 0.25) is 0 Å². The first kappa shape index (κ1) is 14.7. The Morgan fingerprint density at radius 2 is 1.95 bits per heavy atom. The van der Waals surface area contributed by atoms with Gasteiger partial charge in [-0.05, 0) is 26.3 Å². The Labute approximate surface area is 124 Å². The quantitative estimate of drug-likeness (QED) is 0.780. The van der Waals surface area contributed by atoms with Crippen LogP contribution in [-0.2, 0) is 11.3 Å². The highest BCUT2D eigenvalue weighted by Crippen LogP contribution is 2.44. The molecule has 0 saturated carbocycles. The largest absolute Gasteiger partial charge is 0.336 e. The molecule has 0 radical (unpaired) electrons. The lowest BCUT2D eigenvalue weighted by Gasteiger charge is -2.30. The number of alkyl halides is 2. The Hall–Kier alpha value is -0.730. The van der Waals surface area contributed by atoms with Gasteiger partial charge in [0.2, 0.25) is 5.91 Å². The molecule has 4 heteroatoms. The molecular weight excluding hydrogens is 281 g/mol. The lowest BCUT2D eigenvalue weighted by Crippen LogP contribution is -2.41. The van der Waals surface area contributed by atoms with Crippen LogP contribution in [0.4, 0.5) is 0 Å². The minimum absolute atomic E-state index is 0.0308. The molecule has 2 rings (SSSR count). The number of hydrogen-bond acceptors (Lipinski definition) is 1. The highest BCUT2D eigenvalue weighted by Gasteiger charge is 2.54. The fraction of sp³-hybridized carbons (Fsp3) is 0.533. The molecule has 19 heavy (non-hydrogen) atoms. The number of hydrogen-bond donors (Lipinski definition) is 0. The van der Waals surface area contributed by atoms with Gasteiger partial charge in [0.1, 0.15) is 4.87 Å². The first-order chi connectivity index (χ1) is 8.73. The van der Waals surface area contributed by atoms with E-state index in [1.54, 1.807) is 11.8 Å². The van der Waals surface area contributed by atoms with Crippen molar-refractivity contribution in [1.29, 1.82) is 0 Å². The molecule has 0 bridgehead atoms. The van der Waals surface area contributed by atoms with Crippen molar-refractivity contribution in [2.45, 2.75) is 37.1 Å². The third kappa shape index (κ3) is 2.90. The molecular formula is C15H19Cl2NO. The number of halogens is 2. The lowest BCUT2D eigenvalue weighted by atomic mass is 9.86. The number of carbonyl (C=O) groups excluding carboxylic acids is 1. The number of nitrogens with zero attached hydrogens (tertiary/aromatic N) is 1. The summed E-state index contributed by atoms with van der Waals surface area (Å²) < 4.78 is 0. The highest BCUT2D eigenvalue weighted by atomic mass is 35.5. The van der Waals surface area contributed by atoms with Gasteiger partial charge in [-0.3, -0.25) is 4.79 Å². The van der Waals surface area contributed by atoms with Gasteiger partial charge in [-0.25, -0.2) is 0 Å². The maximum Gasteiger partial charge on any atom is 0.244 e. The van der Waals surface area contributed by atoms with Crippen LogP contribution in [0.3, 0.4) is 0 Å². The Kier molecular flexibility index (Phi) is 3.85. The van der Waals surface area contributed by atoms with Crippen molar-refractivity contribution in [2.75, 3.05) is 6.54 Å². The van der Waals surface area contributed by atoms with Crippen molar-refractivity contribution in [1.82, 2.24) is 4.90 Å². The van der Waals surface area contributed by atoms with Crippen LogP contribution in [0.5, 0.6) is 0 Å². The van der Waals surface area contributed by atoms with Crippen molar-refractivity contribution in [3.8, 4) is 0 Å². The fourth-order valence-corrected chi connectivity index (χ4v) is 3.54. The molecule has 0 aliphatic carbocycles. The minimum Gasteiger partial charge on any atom is -0.336 e. The summed E-state index contributed by atoms with van der Waals surface area (Å²) in [5, 5.41) is 0. The SMILES string of the molecule is CC(C)(Cl)[C@H]1CN(Cc2ccccc2)C(=O)[C@]1(C)Cl. The highest BCUT2D eigenvalue weighted by molar-refractivity contribution is 6.36. The zero-order valence-electron chi connectivity index (χ0n) is 11.5. The van der Waals surface area contributed by atoms with Gasteiger partial charge in [-0.15, -0.1) is 23.2 Å². The number of rotatable bonds is 3. The minimum atomic E-state index is -0.917. The number of likely N-dealkylation sites (tertiary alicyclic amines) is 1. The summed E-state index contributed by atoms with van der Waals surface area (Å²) in [5.41, 5.74) is 1.11. The van der Waals surface area contributed by atoms with Crippen LogP contribution in [0, 0.1) is 5.92 Å². The van der Waals surface area contributed by atoms with E-state index in [-0.39, 0.29) is 11.8 Å². The average Bonchev–Trinajstić information content (AvgIpc) is 2.54. The molecule has 0 N–H and O–H groups in total. The van der Waals surface area contributed by atoms with Crippen LogP contribution in [-0.4, -0.2) is 27.1 Å². The van der Waals surface area contributed by atoms with Crippen molar-refractivity contribution < 1.29 is 4.79 Å². The predicted octanol–water partition coefficient (Wildman–Crippen LogP) is 3.66. The smallest absolute Gasteiger partial charge is 0.244 e. The van der Waals surface area contributed by atoms with Crippen molar-refractivity contribution in [3.05, 3.63) is 35.9 Å². The lowest BCUT2D eigenvalue weighted by molar-refractivity contribution is -0.130. The molecule has 1 heterocycles. The van der Waals surface area contributed by atoms with Crippen LogP contribution in [0.15, 0.2) is 30.3 Å². The zero-order valence-corrected chi connectivity index (χ0v) is 13.0. The molecule has 1 aromatic rings. The summed E-state index contributed by atoms with van der Waals surface area (Å²) in [6.45, 7) is 6.80. The summed E-state index contributed by atoms with van der Waals surface area (Å²) in [6, 6.07) is 9.93. The van der Waals surface area contributed by atoms with E-state index in [9.17, 15) is 4.79 Å². The molecule has 1 aliphatic rings. The topological polar surface area (TPSA) is 20.3 Å². The fourth-order valence-electron chi connectivity index (χ4n) is 2.73. The third-order valence-electron chi connectivity index (χ3n) is 3.81.